The number of hydrogen-bond acceptors (Lipinski definition) is 7. The van der Waals surface area contributed by atoms with E-state index in [1.165, 1.54) is 31.3 Å². The Morgan fingerprint density at radius 3 is 2.73 bits per heavy atom. The molecular formula is C21H21ClN4O4. The molecule has 0 unspecified atom stereocenters. The number of nitrogens with one attached hydrogen (secondary N) is 1. The minimum Gasteiger partial charge on any atom is -0.493 e. The van der Waals surface area contributed by atoms with Gasteiger partial charge in [0.1, 0.15) is 17.2 Å². The molecule has 30 heavy (non-hydrogen) atoms. The fraction of sp³-hybridized carbons (Fsp3) is 0.333. The standard InChI is InChI=1S/C21H21ClN4O4/c1-29-20-8-13(6-7-19(20)30-14-4-2-3-5-14)11-23-21-15-9-18(26(27)28)16(22)10-17(15)24-12-25-21/h6-10,12,14H,2-5,11H2,1H3,(H,23,24,25). The summed E-state index contributed by atoms with van der Waals surface area (Å²) < 4.78 is 11.6. The van der Waals surface area contributed by atoms with Gasteiger partial charge in [-0.15, -0.1) is 0 Å². The predicted octanol–water partition coefficient (Wildman–Crippen LogP) is 5.13. The van der Waals surface area contributed by atoms with Crippen molar-refractivity contribution < 1.29 is 14.4 Å². The van der Waals surface area contributed by atoms with E-state index in [4.69, 9.17) is 21.1 Å². The van der Waals surface area contributed by atoms with Crippen LogP contribution in [0.4, 0.5) is 11.5 Å². The van der Waals surface area contributed by atoms with Crippen molar-refractivity contribution in [1.29, 1.82) is 0 Å². The molecule has 0 spiro atoms. The number of nitro groups is 1. The van der Waals surface area contributed by atoms with Crippen LogP contribution in [-0.4, -0.2) is 28.1 Å². The van der Waals surface area contributed by atoms with E-state index in [9.17, 15) is 10.1 Å². The zero-order valence-electron chi connectivity index (χ0n) is 16.4. The second kappa shape index (κ2) is 8.71. The number of hydrogen-bond donors (Lipinski definition) is 1. The summed E-state index contributed by atoms with van der Waals surface area (Å²) in [7, 11) is 1.62. The number of benzene rings is 2. The van der Waals surface area contributed by atoms with Gasteiger partial charge in [0.25, 0.3) is 5.69 Å². The summed E-state index contributed by atoms with van der Waals surface area (Å²) >= 11 is 5.98. The van der Waals surface area contributed by atoms with Crippen LogP contribution < -0.4 is 14.8 Å². The van der Waals surface area contributed by atoms with E-state index in [0.717, 1.165) is 24.2 Å². The SMILES string of the molecule is COc1cc(CNc2ncnc3cc(Cl)c([N+](=O)[O-])cc23)ccc1OC1CCCC1. The van der Waals surface area contributed by atoms with Gasteiger partial charge in [-0.05, 0) is 49.4 Å². The number of ether oxygens (including phenoxy) is 2. The summed E-state index contributed by atoms with van der Waals surface area (Å²) in [6, 6.07) is 8.65. The van der Waals surface area contributed by atoms with E-state index in [-0.39, 0.29) is 16.8 Å². The lowest BCUT2D eigenvalue weighted by Gasteiger charge is -2.17. The Morgan fingerprint density at radius 1 is 1.20 bits per heavy atom. The first-order chi connectivity index (χ1) is 14.5. The number of fused-ring (bicyclic) bond motifs is 1. The molecule has 8 nitrogen and oxygen atoms in total. The molecule has 0 amide bonds. The van der Waals surface area contributed by atoms with Crippen LogP contribution in [-0.2, 0) is 6.54 Å². The molecule has 0 atom stereocenters. The Hall–Kier alpha value is -3.13. The molecular weight excluding hydrogens is 408 g/mol. The Balaban J connectivity index is 1.55. The molecule has 2 aromatic carbocycles. The summed E-state index contributed by atoms with van der Waals surface area (Å²) in [4.78, 5) is 19.1. The topological polar surface area (TPSA) is 99.4 Å². The van der Waals surface area contributed by atoms with Crippen molar-refractivity contribution in [2.75, 3.05) is 12.4 Å². The van der Waals surface area contributed by atoms with Gasteiger partial charge in [-0.3, -0.25) is 10.1 Å². The van der Waals surface area contributed by atoms with Gasteiger partial charge in [0.05, 0.1) is 23.7 Å². The number of methoxy groups -OCH3 is 1. The molecule has 1 aromatic heterocycles. The van der Waals surface area contributed by atoms with Crippen LogP contribution in [0.5, 0.6) is 11.5 Å². The Labute approximate surface area is 178 Å². The van der Waals surface area contributed by atoms with Gasteiger partial charge >= 0.3 is 0 Å². The van der Waals surface area contributed by atoms with Crippen molar-refractivity contribution >= 4 is 34.0 Å². The maximum atomic E-state index is 11.2. The van der Waals surface area contributed by atoms with Gasteiger partial charge in [-0.25, -0.2) is 9.97 Å². The van der Waals surface area contributed by atoms with Crippen molar-refractivity contribution in [2.45, 2.75) is 38.3 Å². The third-order valence-electron chi connectivity index (χ3n) is 5.18. The zero-order valence-corrected chi connectivity index (χ0v) is 17.2. The summed E-state index contributed by atoms with van der Waals surface area (Å²) in [6.07, 6.45) is 6.19. The van der Waals surface area contributed by atoms with Crippen molar-refractivity contribution in [3.8, 4) is 11.5 Å². The molecule has 1 saturated carbocycles. The third kappa shape index (κ3) is 4.23. The number of nitro benzene ring substituents is 1. The molecule has 9 heteroatoms. The zero-order chi connectivity index (χ0) is 21.1. The van der Waals surface area contributed by atoms with E-state index in [2.05, 4.69) is 15.3 Å². The lowest BCUT2D eigenvalue weighted by molar-refractivity contribution is -0.384. The van der Waals surface area contributed by atoms with Crippen LogP contribution in [0.25, 0.3) is 10.9 Å². The smallest absolute Gasteiger partial charge is 0.288 e. The molecule has 4 rings (SSSR count). The molecule has 1 aliphatic rings. The summed E-state index contributed by atoms with van der Waals surface area (Å²) in [5.74, 6) is 1.91. The highest BCUT2D eigenvalue weighted by molar-refractivity contribution is 6.33. The number of aromatic nitrogens is 2. The fourth-order valence-electron chi connectivity index (χ4n) is 3.64. The monoisotopic (exact) mass is 428 g/mol. The number of halogens is 1. The predicted molar refractivity (Wildman–Crippen MR) is 114 cm³/mol. The van der Waals surface area contributed by atoms with Crippen molar-refractivity contribution in [3.05, 3.63) is 57.4 Å². The number of anilines is 1. The van der Waals surface area contributed by atoms with Gasteiger partial charge < -0.3 is 14.8 Å². The highest BCUT2D eigenvalue weighted by atomic mass is 35.5. The fourth-order valence-corrected chi connectivity index (χ4v) is 3.86. The Bertz CT molecular complexity index is 1090. The quantitative estimate of drug-likeness (QED) is 0.411. The van der Waals surface area contributed by atoms with Gasteiger partial charge in [0.15, 0.2) is 11.5 Å². The average molecular weight is 429 g/mol. The van der Waals surface area contributed by atoms with Crippen molar-refractivity contribution in [3.63, 3.8) is 0 Å². The highest BCUT2D eigenvalue weighted by Gasteiger charge is 2.19. The first-order valence-electron chi connectivity index (χ1n) is 9.71. The molecule has 0 saturated heterocycles. The first kappa shape index (κ1) is 20.2. The van der Waals surface area contributed by atoms with Gasteiger partial charge in [-0.1, -0.05) is 17.7 Å². The van der Waals surface area contributed by atoms with Crippen LogP contribution in [0, 0.1) is 10.1 Å². The van der Waals surface area contributed by atoms with E-state index in [0.29, 0.717) is 29.0 Å². The Morgan fingerprint density at radius 2 is 2.00 bits per heavy atom. The number of rotatable bonds is 7. The van der Waals surface area contributed by atoms with Gasteiger partial charge in [0.2, 0.25) is 0 Å². The van der Waals surface area contributed by atoms with Gasteiger partial charge in [0, 0.05) is 18.0 Å². The second-order valence-corrected chi connectivity index (χ2v) is 7.57. The van der Waals surface area contributed by atoms with Crippen LogP contribution in [0.1, 0.15) is 31.2 Å². The van der Waals surface area contributed by atoms with E-state index in [1.54, 1.807) is 7.11 Å². The van der Waals surface area contributed by atoms with Crippen molar-refractivity contribution in [1.82, 2.24) is 9.97 Å². The maximum Gasteiger partial charge on any atom is 0.288 e. The minimum absolute atomic E-state index is 0.0414. The van der Waals surface area contributed by atoms with E-state index >= 15 is 0 Å². The van der Waals surface area contributed by atoms with E-state index < -0.39 is 4.92 Å². The Kier molecular flexibility index (Phi) is 5.85. The molecule has 1 fully saturated rings. The molecule has 1 N–H and O–H groups in total. The summed E-state index contributed by atoms with van der Waals surface area (Å²) in [5.41, 5.74) is 1.30. The summed E-state index contributed by atoms with van der Waals surface area (Å²) in [6.45, 7) is 0.447. The van der Waals surface area contributed by atoms with Crippen LogP contribution in [0.3, 0.4) is 0 Å². The lowest BCUT2D eigenvalue weighted by atomic mass is 10.1. The molecule has 3 aromatic rings. The first-order valence-corrected chi connectivity index (χ1v) is 10.1. The normalized spacial score (nSPS) is 14.1. The van der Waals surface area contributed by atoms with E-state index in [1.807, 2.05) is 18.2 Å². The molecule has 1 aliphatic carbocycles. The minimum atomic E-state index is -0.521. The van der Waals surface area contributed by atoms with Gasteiger partial charge in [-0.2, -0.15) is 0 Å². The average Bonchev–Trinajstić information content (AvgIpc) is 3.25. The largest absolute Gasteiger partial charge is 0.493 e. The number of nitrogens with zero attached hydrogens (tertiary/aromatic N) is 3. The molecule has 156 valence electrons. The second-order valence-electron chi connectivity index (χ2n) is 7.16. The molecule has 0 aliphatic heterocycles. The summed E-state index contributed by atoms with van der Waals surface area (Å²) in [5, 5.41) is 15.0. The molecule has 0 radical (unpaired) electrons. The van der Waals surface area contributed by atoms with Crippen LogP contribution in [0.15, 0.2) is 36.7 Å². The van der Waals surface area contributed by atoms with Crippen LogP contribution >= 0.6 is 11.6 Å². The maximum absolute atomic E-state index is 11.2. The molecule has 0 bridgehead atoms. The lowest BCUT2D eigenvalue weighted by Crippen LogP contribution is -2.11. The van der Waals surface area contributed by atoms with Crippen molar-refractivity contribution in [2.24, 2.45) is 0 Å². The highest BCUT2D eigenvalue weighted by Crippen LogP contribution is 2.34. The third-order valence-corrected chi connectivity index (χ3v) is 5.49. The van der Waals surface area contributed by atoms with Crippen LogP contribution in [0.2, 0.25) is 5.02 Å². The molecule has 1 heterocycles.